The van der Waals surface area contributed by atoms with Gasteiger partial charge in [0.2, 0.25) is 0 Å². The first kappa shape index (κ1) is 20.4. The standard InChI is InChI=1S/C23H21F3N6/c24-23(25,26)17-9-3-1-7-15(17)21-28-19(14-6-5-11-27-13-14)12-20(29-21)30-22-16-8-2-4-10-18(16)31-32-22/h1-4,7-10,12,14,27H,5-6,11,13H2,(H2,28,29,30,31,32). The zero-order chi connectivity index (χ0) is 22.1. The van der Waals surface area contributed by atoms with Gasteiger partial charge >= 0.3 is 6.18 Å². The molecule has 0 amide bonds. The number of hydrogen-bond donors (Lipinski definition) is 3. The molecule has 164 valence electrons. The number of anilines is 2. The Bertz CT molecular complexity index is 1240. The van der Waals surface area contributed by atoms with E-state index in [1.54, 1.807) is 12.1 Å². The number of benzene rings is 2. The Morgan fingerprint density at radius 2 is 1.81 bits per heavy atom. The summed E-state index contributed by atoms with van der Waals surface area (Å²) in [4.78, 5) is 9.03. The van der Waals surface area contributed by atoms with Gasteiger partial charge in [0, 0.05) is 29.5 Å². The number of piperidine rings is 1. The Morgan fingerprint density at radius 1 is 1.00 bits per heavy atom. The van der Waals surface area contributed by atoms with Crippen molar-refractivity contribution in [2.45, 2.75) is 24.9 Å². The van der Waals surface area contributed by atoms with Crippen molar-refractivity contribution in [3.8, 4) is 11.4 Å². The van der Waals surface area contributed by atoms with E-state index in [1.165, 1.54) is 12.1 Å². The second-order valence-corrected chi connectivity index (χ2v) is 7.83. The molecule has 0 aliphatic carbocycles. The van der Waals surface area contributed by atoms with Crippen molar-refractivity contribution in [1.29, 1.82) is 0 Å². The lowest BCUT2D eigenvalue weighted by molar-refractivity contribution is -0.137. The van der Waals surface area contributed by atoms with Crippen LogP contribution in [0.5, 0.6) is 0 Å². The molecule has 1 unspecified atom stereocenters. The highest BCUT2D eigenvalue weighted by atomic mass is 19.4. The minimum Gasteiger partial charge on any atom is -0.323 e. The summed E-state index contributed by atoms with van der Waals surface area (Å²) in [6, 6.07) is 14.8. The van der Waals surface area contributed by atoms with Crippen LogP contribution in [-0.2, 0) is 6.18 Å². The number of hydrogen-bond acceptors (Lipinski definition) is 5. The molecule has 1 saturated heterocycles. The van der Waals surface area contributed by atoms with Gasteiger partial charge in [0.25, 0.3) is 0 Å². The van der Waals surface area contributed by atoms with E-state index in [9.17, 15) is 13.2 Å². The summed E-state index contributed by atoms with van der Waals surface area (Å²) < 4.78 is 41.0. The first-order valence-electron chi connectivity index (χ1n) is 10.5. The normalized spacial score (nSPS) is 16.9. The zero-order valence-electron chi connectivity index (χ0n) is 17.1. The predicted molar refractivity (Wildman–Crippen MR) is 117 cm³/mol. The minimum absolute atomic E-state index is 0.0412. The number of fused-ring (bicyclic) bond motifs is 1. The molecule has 4 aromatic rings. The largest absolute Gasteiger partial charge is 0.417 e. The van der Waals surface area contributed by atoms with Crippen LogP contribution in [0.1, 0.15) is 30.0 Å². The molecule has 0 spiro atoms. The van der Waals surface area contributed by atoms with Gasteiger partial charge in [-0.3, -0.25) is 5.10 Å². The number of rotatable bonds is 4. The van der Waals surface area contributed by atoms with Gasteiger partial charge in [-0.25, -0.2) is 9.97 Å². The molecule has 3 N–H and O–H groups in total. The second kappa shape index (κ2) is 8.23. The Labute approximate surface area is 182 Å². The van der Waals surface area contributed by atoms with E-state index in [-0.39, 0.29) is 17.3 Å². The molecule has 5 rings (SSSR count). The van der Waals surface area contributed by atoms with Crippen molar-refractivity contribution < 1.29 is 13.2 Å². The van der Waals surface area contributed by atoms with Crippen molar-refractivity contribution in [1.82, 2.24) is 25.5 Å². The number of aromatic nitrogens is 4. The summed E-state index contributed by atoms with van der Waals surface area (Å²) in [5, 5.41) is 14.6. The maximum absolute atomic E-state index is 13.7. The third-order valence-corrected chi connectivity index (χ3v) is 5.65. The zero-order valence-corrected chi connectivity index (χ0v) is 17.1. The number of H-pyrrole nitrogens is 1. The smallest absolute Gasteiger partial charge is 0.323 e. The monoisotopic (exact) mass is 438 g/mol. The molecule has 1 atom stereocenters. The van der Waals surface area contributed by atoms with Crippen LogP contribution in [0.3, 0.4) is 0 Å². The molecule has 2 aromatic heterocycles. The third-order valence-electron chi connectivity index (χ3n) is 5.65. The lowest BCUT2D eigenvalue weighted by Crippen LogP contribution is -2.29. The quantitative estimate of drug-likeness (QED) is 0.406. The van der Waals surface area contributed by atoms with Gasteiger partial charge in [0.1, 0.15) is 5.82 Å². The number of nitrogens with zero attached hydrogens (tertiary/aromatic N) is 3. The molecule has 6 nitrogen and oxygen atoms in total. The lowest BCUT2D eigenvalue weighted by Gasteiger charge is -2.23. The van der Waals surface area contributed by atoms with Crippen molar-refractivity contribution in [2.75, 3.05) is 18.4 Å². The second-order valence-electron chi connectivity index (χ2n) is 7.83. The third kappa shape index (κ3) is 4.03. The van der Waals surface area contributed by atoms with Crippen LogP contribution in [0.25, 0.3) is 22.3 Å². The maximum atomic E-state index is 13.7. The van der Waals surface area contributed by atoms with E-state index >= 15 is 0 Å². The van der Waals surface area contributed by atoms with Gasteiger partial charge in [0.15, 0.2) is 11.6 Å². The SMILES string of the molecule is FC(F)(F)c1ccccc1-c1nc(Nc2n[nH]c3ccccc23)cc(C2CCCNC2)n1. The number of nitrogens with one attached hydrogen (secondary N) is 3. The average molecular weight is 438 g/mol. The van der Waals surface area contributed by atoms with E-state index in [4.69, 9.17) is 0 Å². The van der Waals surface area contributed by atoms with Crippen LogP contribution in [0.4, 0.5) is 24.8 Å². The molecule has 1 fully saturated rings. The number of para-hydroxylation sites is 1. The molecule has 0 radical (unpaired) electrons. The minimum atomic E-state index is -4.51. The summed E-state index contributed by atoms with van der Waals surface area (Å²) in [5.41, 5.74) is 0.764. The van der Waals surface area contributed by atoms with Crippen molar-refractivity contribution in [2.24, 2.45) is 0 Å². The molecule has 0 saturated carbocycles. The number of aromatic amines is 1. The van der Waals surface area contributed by atoms with E-state index in [0.717, 1.165) is 42.9 Å². The fourth-order valence-corrected chi connectivity index (χ4v) is 4.07. The van der Waals surface area contributed by atoms with Crippen molar-refractivity contribution in [3.63, 3.8) is 0 Å². The van der Waals surface area contributed by atoms with Crippen LogP contribution in [-0.4, -0.2) is 33.3 Å². The van der Waals surface area contributed by atoms with Gasteiger partial charge in [-0.2, -0.15) is 18.3 Å². The Kier molecular flexibility index (Phi) is 5.26. The van der Waals surface area contributed by atoms with Crippen LogP contribution >= 0.6 is 0 Å². The van der Waals surface area contributed by atoms with Gasteiger partial charge in [0.05, 0.1) is 16.8 Å². The van der Waals surface area contributed by atoms with Gasteiger partial charge in [-0.15, -0.1) is 0 Å². The average Bonchev–Trinajstić information content (AvgIpc) is 3.22. The van der Waals surface area contributed by atoms with E-state index < -0.39 is 11.7 Å². The van der Waals surface area contributed by atoms with Gasteiger partial charge in [-0.05, 0) is 37.6 Å². The summed E-state index contributed by atoms with van der Waals surface area (Å²) in [6.07, 6.45) is -2.61. The maximum Gasteiger partial charge on any atom is 0.417 e. The van der Waals surface area contributed by atoms with Crippen molar-refractivity contribution in [3.05, 3.63) is 65.9 Å². The molecule has 1 aliphatic heterocycles. The Balaban J connectivity index is 1.61. The molecular formula is C23H21F3N6. The Hall–Kier alpha value is -3.46. The van der Waals surface area contributed by atoms with Gasteiger partial charge in [-0.1, -0.05) is 30.3 Å². The molecular weight excluding hydrogens is 417 g/mol. The fourth-order valence-electron chi connectivity index (χ4n) is 4.07. The summed E-state index contributed by atoms with van der Waals surface area (Å²) >= 11 is 0. The van der Waals surface area contributed by atoms with Crippen molar-refractivity contribution >= 4 is 22.5 Å². The summed E-state index contributed by atoms with van der Waals surface area (Å²) in [5.74, 6) is 1.11. The predicted octanol–water partition coefficient (Wildman–Crippen LogP) is 5.25. The lowest BCUT2D eigenvalue weighted by atomic mass is 9.95. The van der Waals surface area contributed by atoms with E-state index in [2.05, 4.69) is 30.8 Å². The van der Waals surface area contributed by atoms with Crippen LogP contribution < -0.4 is 10.6 Å². The highest BCUT2D eigenvalue weighted by Gasteiger charge is 2.34. The van der Waals surface area contributed by atoms with E-state index in [0.29, 0.717) is 17.3 Å². The van der Waals surface area contributed by atoms with E-state index in [1.807, 2.05) is 24.3 Å². The molecule has 9 heteroatoms. The highest BCUT2D eigenvalue weighted by Crippen LogP contribution is 2.37. The molecule has 2 aromatic carbocycles. The summed E-state index contributed by atoms with van der Waals surface area (Å²) in [6.45, 7) is 1.65. The van der Waals surface area contributed by atoms with Crippen LogP contribution in [0, 0.1) is 0 Å². The molecule has 0 bridgehead atoms. The highest BCUT2D eigenvalue weighted by molar-refractivity contribution is 5.91. The molecule has 1 aliphatic rings. The Morgan fingerprint density at radius 3 is 2.62 bits per heavy atom. The summed E-state index contributed by atoms with van der Waals surface area (Å²) in [7, 11) is 0. The molecule has 3 heterocycles. The topological polar surface area (TPSA) is 78.5 Å². The van der Waals surface area contributed by atoms with Crippen LogP contribution in [0.15, 0.2) is 54.6 Å². The van der Waals surface area contributed by atoms with Crippen LogP contribution in [0.2, 0.25) is 0 Å². The first-order chi connectivity index (χ1) is 15.5. The fraction of sp³-hybridized carbons (Fsp3) is 0.261. The molecule has 32 heavy (non-hydrogen) atoms. The number of halogens is 3. The first-order valence-corrected chi connectivity index (χ1v) is 10.5. The number of alkyl halides is 3. The van der Waals surface area contributed by atoms with Gasteiger partial charge < -0.3 is 10.6 Å².